The summed E-state index contributed by atoms with van der Waals surface area (Å²) in [7, 11) is 1.39. The minimum absolute atomic E-state index is 0.214. The van der Waals surface area contributed by atoms with E-state index in [0.29, 0.717) is 0 Å². The first-order valence-corrected chi connectivity index (χ1v) is 7.14. The summed E-state index contributed by atoms with van der Waals surface area (Å²) >= 11 is 5.21. The molecule has 1 aliphatic rings. The quantitative estimate of drug-likeness (QED) is 0.930. The maximum Gasteiger partial charge on any atom is 0.407 e. The van der Waals surface area contributed by atoms with Crippen LogP contribution >= 0.6 is 27.3 Å². The van der Waals surface area contributed by atoms with Crippen molar-refractivity contribution in [2.75, 3.05) is 20.2 Å². The van der Waals surface area contributed by atoms with Gasteiger partial charge in [-0.05, 0) is 28.4 Å². The second-order valence-electron chi connectivity index (χ2n) is 4.09. The highest BCUT2D eigenvalue weighted by Gasteiger charge is 2.24. The smallest absolute Gasteiger partial charge is 0.407 e. The standard InChI is InChI=1S/C11H15BrN2O2S/c1-16-11(15)13-9-2-3-14(5-9)6-10-4-8(12)7-17-10/h4,7,9H,2-3,5-6H2,1H3,(H,13,15). The van der Waals surface area contributed by atoms with Crippen molar-refractivity contribution in [3.63, 3.8) is 0 Å². The van der Waals surface area contributed by atoms with E-state index < -0.39 is 0 Å². The van der Waals surface area contributed by atoms with Crippen molar-refractivity contribution in [1.82, 2.24) is 10.2 Å². The van der Waals surface area contributed by atoms with Crippen LogP contribution < -0.4 is 5.32 Å². The molecule has 0 aromatic carbocycles. The lowest BCUT2D eigenvalue weighted by molar-refractivity contribution is 0.166. The van der Waals surface area contributed by atoms with Gasteiger partial charge in [0.05, 0.1) is 7.11 Å². The molecule has 1 atom stereocenters. The second-order valence-corrected chi connectivity index (χ2v) is 6.00. The first kappa shape index (κ1) is 12.9. The number of likely N-dealkylation sites (tertiary alicyclic amines) is 1. The third kappa shape index (κ3) is 3.69. The summed E-state index contributed by atoms with van der Waals surface area (Å²) in [6, 6.07) is 2.36. The average molecular weight is 319 g/mol. The van der Waals surface area contributed by atoms with Gasteiger partial charge in [-0.1, -0.05) is 0 Å². The van der Waals surface area contributed by atoms with Crippen LogP contribution in [0.15, 0.2) is 15.9 Å². The molecule has 4 nitrogen and oxygen atoms in total. The maximum atomic E-state index is 11.1. The summed E-state index contributed by atoms with van der Waals surface area (Å²) < 4.78 is 5.74. The summed E-state index contributed by atoms with van der Waals surface area (Å²) in [5, 5.41) is 4.93. The molecule has 1 aromatic rings. The third-order valence-corrected chi connectivity index (χ3v) is 4.46. The van der Waals surface area contributed by atoms with Crippen molar-refractivity contribution in [2.45, 2.75) is 19.0 Å². The van der Waals surface area contributed by atoms with Crippen molar-refractivity contribution in [2.24, 2.45) is 0 Å². The molecule has 0 spiro atoms. The van der Waals surface area contributed by atoms with Gasteiger partial charge < -0.3 is 10.1 Å². The number of rotatable bonds is 3. The lowest BCUT2D eigenvalue weighted by atomic mass is 10.3. The molecule has 1 amide bonds. The number of amides is 1. The van der Waals surface area contributed by atoms with E-state index in [1.807, 2.05) is 0 Å². The molecule has 0 bridgehead atoms. The van der Waals surface area contributed by atoms with Gasteiger partial charge in [-0.25, -0.2) is 4.79 Å². The molecular weight excluding hydrogens is 304 g/mol. The van der Waals surface area contributed by atoms with E-state index in [0.717, 1.165) is 30.5 Å². The van der Waals surface area contributed by atoms with Gasteiger partial charge in [-0.3, -0.25) is 4.90 Å². The van der Waals surface area contributed by atoms with Gasteiger partial charge in [-0.2, -0.15) is 0 Å². The predicted molar refractivity (Wildman–Crippen MR) is 71.2 cm³/mol. The highest BCUT2D eigenvalue weighted by atomic mass is 79.9. The number of ether oxygens (including phenoxy) is 1. The zero-order chi connectivity index (χ0) is 12.3. The Hall–Kier alpha value is -0.590. The maximum absolute atomic E-state index is 11.1. The second kappa shape index (κ2) is 5.84. The molecule has 1 saturated heterocycles. The minimum atomic E-state index is -0.337. The molecule has 1 aromatic heterocycles. The van der Waals surface area contributed by atoms with Crippen molar-refractivity contribution in [1.29, 1.82) is 0 Å². The van der Waals surface area contributed by atoms with E-state index >= 15 is 0 Å². The number of hydrogen-bond donors (Lipinski definition) is 1. The molecule has 1 unspecified atom stereocenters. The third-order valence-electron chi connectivity index (χ3n) is 2.78. The van der Waals surface area contributed by atoms with Crippen LogP contribution in [0.1, 0.15) is 11.3 Å². The van der Waals surface area contributed by atoms with Crippen LogP contribution in [0.5, 0.6) is 0 Å². The van der Waals surface area contributed by atoms with E-state index in [9.17, 15) is 4.79 Å². The van der Waals surface area contributed by atoms with Crippen LogP contribution in [0, 0.1) is 0 Å². The van der Waals surface area contributed by atoms with E-state index in [2.05, 4.69) is 42.3 Å². The number of methoxy groups -OCH3 is 1. The molecule has 1 aliphatic heterocycles. The van der Waals surface area contributed by atoms with Crippen LogP contribution in [-0.2, 0) is 11.3 Å². The zero-order valence-corrected chi connectivity index (χ0v) is 12.0. The fourth-order valence-corrected chi connectivity index (χ4v) is 3.47. The number of carbonyl (C=O) groups excluding carboxylic acids is 1. The van der Waals surface area contributed by atoms with Crippen molar-refractivity contribution in [3.8, 4) is 0 Å². The van der Waals surface area contributed by atoms with Gasteiger partial charge in [0, 0.05) is 40.4 Å². The number of nitrogens with zero attached hydrogens (tertiary/aromatic N) is 1. The summed E-state index contributed by atoms with van der Waals surface area (Å²) in [5.74, 6) is 0. The van der Waals surface area contributed by atoms with Crippen LogP contribution in [-0.4, -0.2) is 37.2 Å². The predicted octanol–water partition coefficient (Wildman–Crippen LogP) is 2.44. The highest BCUT2D eigenvalue weighted by Crippen LogP contribution is 2.22. The molecular formula is C11H15BrN2O2S. The largest absolute Gasteiger partial charge is 0.453 e. The van der Waals surface area contributed by atoms with Gasteiger partial charge in [0.1, 0.15) is 0 Å². The zero-order valence-electron chi connectivity index (χ0n) is 9.61. The van der Waals surface area contributed by atoms with Gasteiger partial charge in [0.2, 0.25) is 0 Å². The molecule has 17 heavy (non-hydrogen) atoms. The SMILES string of the molecule is COC(=O)NC1CCN(Cc2cc(Br)cs2)C1. The Morgan fingerprint density at radius 2 is 2.59 bits per heavy atom. The molecule has 2 rings (SSSR count). The van der Waals surface area contributed by atoms with Crippen molar-refractivity contribution in [3.05, 3.63) is 20.8 Å². The van der Waals surface area contributed by atoms with Crippen LogP contribution in [0.4, 0.5) is 4.79 Å². The number of alkyl carbamates (subject to hydrolysis) is 1. The fraction of sp³-hybridized carbons (Fsp3) is 0.545. The van der Waals surface area contributed by atoms with Gasteiger partial charge in [-0.15, -0.1) is 11.3 Å². The lowest BCUT2D eigenvalue weighted by Gasteiger charge is -2.15. The van der Waals surface area contributed by atoms with Gasteiger partial charge in [0.15, 0.2) is 0 Å². The Labute approximate surface area is 113 Å². The van der Waals surface area contributed by atoms with Crippen molar-refractivity contribution >= 4 is 33.4 Å². The fourth-order valence-electron chi connectivity index (χ4n) is 1.98. The number of nitrogens with one attached hydrogen (secondary N) is 1. The molecule has 0 radical (unpaired) electrons. The van der Waals surface area contributed by atoms with Crippen LogP contribution in [0.25, 0.3) is 0 Å². The van der Waals surface area contributed by atoms with Gasteiger partial charge >= 0.3 is 6.09 Å². The Bertz CT molecular complexity index is 397. The summed E-state index contributed by atoms with van der Waals surface area (Å²) in [5.41, 5.74) is 0. The monoisotopic (exact) mass is 318 g/mol. The number of thiophene rings is 1. The van der Waals surface area contributed by atoms with Crippen LogP contribution in [0.2, 0.25) is 0 Å². The molecule has 1 N–H and O–H groups in total. The molecule has 1 fully saturated rings. The molecule has 0 aliphatic carbocycles. The first-order valence-electron chi connectivity index (χ1n) is 5.47. The minimum Gasteiger partial charge on any atom is -0.453 e. The molecule has 6 heteroatoms. The summed E-state index contributed by atoms with van der Waals surface area (Å²) in [6.45, 7) is 2.87. The average Bonchev–Trinajstić information content (AvgIpc) is 2.89. The topological polar surface area (TPSA) is 41.6 Å². The van der Waals surface area contributed by atoms with Crippen LogP contribution in [0.3, 0.4) is 0 Å². The van der Waals surface area contributed by atoms with E-state index in [-0.39, 0.29) is 12.1 Å². The number of halogens is 1. The Morgan fingerprint density at radius 3 is 3.24 bits per heavy atom. The Balaban J connectivity index is 1.80. The molecule has 0 saturated carbocycles. The summed E-state index contributed by atoms with van der Waals surface area (Å²) in [4.78, 5) is 14.8. The molecule has 2 heterocycles. The Kier molecular flexibility index (Phi) is 4.42. The number of carbonyl (C=O) groups is 1. The normalized spacial score (nSPS) is 20.5. The summed E-state index contributed by atoms with van der Waals surface area (Å²) in [6.07, 6.45) is 0.650. The lowest BCUT2D eigenvalue weighted by Crippen LogP contribution is -2.36. The van der Waals surface area contributed by atoms with E-state index in [4.69, 9.17) is 0 Å². The van der Waals surface area contributed by atoms with E-state index in [1.165, 1.54) is 12.0 Å². The first-order chi connectivity index (χ1) is 8.17. The van der Waals surface area contributed by atoms with E-state index in [1.54, 1.807) is 11.3 Å². The highest BCUT2D eigenvalue weighted by molar-refractivity contribution is 9.10. The van der Waals surface area contributed by atoms with Crippen molar-refractivity contribution < 1.29 is 9.53 Å². The molecule has 94 valence electrons. The number of hydrogen-bond acceptors (Lipinski definition) is 4. The van der Waals surface area contributed by atoms with Gasteiger partial charge in [0.25, 0.3) is 0 Å². The Morgan fingerprint density at radius 1 is 1.76 bits per heavy atom.